The smallest absolute Gasteiger partial charge is 0.345 e. The summed E-state index contributed by atoms with van der Waals surface area (Å²) in [5.74, 6) is -0.206. The van der Waals surface area contributed by atoms with Gasteiger partial charge in [-0.05, 0) is 36.8 Å². The Kier molecular flexibility index (Phi) is 4.58. The van der Waals surface area contributed by atoms with Gasteiger partial charge in [0.2, 0.25) is 0 Å². The highest BCUT2D eigenvalue weighted by molar-refractivity contribution is 5.91. The van der Waals surface area contributed by atoms with Gasteiger partial charge in [0.05, 0.1) is 5.56 Å². The maximum atomic E-state index is 11.9. The number of esters is 1. The highest BCUT2D eigenvalue weighted by Crippen LogP contribution is 2.22. The number of hydrogen-bond donors (Lipinski definition) is 0. The molecule has 0 saturated carbocycles. The van der Waals surface area contributed by atoms with Gasteiger partial charge in [-0.1, -0.05) is 0 Å². The zero-order valence-corrected chi connectivity index (χ0v) is 12.4. The maximum Gasteiger partial charge on any atom is 0.345 e. The molecule has 5 nitrogen and oxygen atoms in total. The van der Waals surface area contributed by atoms with E-state index in [0.29, 0.717) is 16.9 Å². The highest BCUT2D eigenvalue weighted by Gasteiger charge is 2.10. The van der Waals surface area contributed by atoms with Gasteiger partial charge in [-0.25, -0.2) is 9.59 Å². The Morgan fingerprint density at radius 1 is 1.23 bits per heavy atom. The zero-order valence-electron chi connectivity index (χ0n) is 11.6. The lowest BCUT2D eigenvalue weighted by Crippen LogP contribution is -2.08. The van der Waals surface area contributed by atoms with Crippen LogP contribution in [0.5, 0.6) is 5.75 Å². The predicted molar refractivity (Wildman–Crippen MR) is 83.7 cm³/mol. The molecular formula is C16H12ClNO4. The molecule has 0 saturated heterocycles. The van der Waals surface area contributed by atoms with E-state index in [0.717, 1.165) is 10.9 Å². The second-order valence-corrected chi connectivity index (χ2v) is 4.54. The van der Waals surface area contributed by atoms with E-state index in [4.69, 9.17) is 9.15 Å². The number of halogens is 1. The number of pyridine rings is 1. The van der Waals surface area contributed by atoms with Crippen molar-refractivity contribution < 1.29 is 13.9 Å². The summed E-state index contributed by atoms with van der Waals surface area (Å²) in [7, 11) is 0. The maximum absolute atomic E-state index is 11.9. The number of carbonyl (C=O) groups excluding carboxylic acids is 1. The molecule has 0 aliphatic heterocycles. The summed E-state index contributed by atoms with van der Waals surface area (Å²) in [5, 5.41) is 0.802. The minimum atomic E-state index is -0.516. The van der Waals surface area contributed by atoms with Crippen LogP contribution in [0.15, 0.2) is 58.0 Å². The first-order valence-electron chi connectivity index (χ1n) is 6.30. The molecule has 0 bridgehead atoms. The van der Waals surface area contributed by atoms with E-state index in [-0.39, 0.29) is 12.4 Å². The van der Waals surface area contributed by atoms with Crippen molar-refractivity contribution in [2.45, 2.75) is 6.92 Å². The normalized spacial score (nSPS) is 10.0. The van der Waals surface area contributed by atoms with Crippen LogP contribution in [0, 0.1) is 6.92 Å². The van der Waals surface area contributed by atoms with Crippen molar-refractivity contribution in [2.75, 3.05) is 0 Å². The van der Waals surface area contributed by atoms with Crippen molar-refractivity contribution in [3.8, 4) is 5.75 Å². The SMILES string of the molecule is Cc1cc(=O)oc2cc(OC(=O)c3cccnc3)ccc12.Cl. The Bertz CT molecular complexity index is 874. The molecule has 0 N–H and O–H groups in total. The van der Waals surface area contributed by atoms with Crippen molar-refractivity contribution in [3.63, 3.8) is 0 Å². The zero-order chi connectivity index (χ0) is 14.8. The van der Waals surface area contributed by atoms with Crippen LogP contribution in [-0.4, -0.2) is 11.0 Å². The third-order valence-electron chi connectivity index (χ3n) is 3.03. The van der Waals surface area contributed by atoms with Gasteiger partial charge in [0, 0.05) is 29.9 Å². The number of nitrogens with zero attached hydrogens (tertiary/aromatic N) is 1. The minimum Gasteiger partial charge on any atom is -0.423 e. The molecule has 0 amide bonds. The number of fused-ring (bicyclic) bond motifs is 1. The van der Waals surface area contributed by atoms with Gasteiger partial charge >= 0.3 is 11.6 Å². The van der Waals surface area contributed by atoms with Crippen LogP contribution < -0.4 is 10.4 Å². The van der Waals surface area contributed by atoms with Gasteiger partial charge in [-0.2, -0.15) is 0 Å². The van der Waals surface area contributed by atoms with Crippen LogP contribution in [-0.2, 0) is 0 Å². The number of aromatic nitrogens is 1. The second kappa shape index (κ2) is 6.41. The van der Waals surface area contributed by atoms with Gasteiger partial charge in [0.1, 0.15) is 11.3 Å². The predicted octanol–water partition coefficient (Wildman–Crippen LogP) is 3.14. The van der Waals surface area contributed by atoms with Gasteiger partial charge in [0.15, 0.2) is 0 Å². The molecular weight excluding hydrogens is 306 g/mol. The van der Waals surface area contributed by atoms with Crippen molar-refractivity contribution in [3.05, 3.63) is 70.3 Å². The van der Waals surface area contributed by atoms with Gasteiger partial charge in [-0.3, -0.25) is 4.98 Å². The summed E-state index contributed by atoms with van der Waals surface area (Å²) in [6.45, 7) is 1.82. The minimum absolute atomic E-state index is 0. The summed E-state index contributed by atoms with van der Waals surface area (Å²) in [5.41, 5.74) is 1.11. The molecule has 2 heterocycles. The molecule has 6 heteroatoms. The topological polar surface area (TPSA) is 69.4 Å². The molecule has 3 rings (SSSR count). The summed E-state index contributed by atoms with van der Waals surface area (Å²) in [4.78, 5) is 27.2. The fraction of sp³-hybridized carbons (Fsp3) is 0.0625. The number of carbonyl (C=O) groups is 1. The third-order valence-corrected chi connectivity index (χ3v) is 3.03. The molecule has 2 aromatic heterocycles. The Morgan fingerprint density at radius 2 is 2.05 bits per heavy atom. The standard InChI is InChI=1S/C16H11NO4.ClH/c1-10-7-15(18)21-14-8-12(4-5-13(10)14)20-16(19)11-3-2-6-17-9-11;/h2-9H,1H3;1H. The fourth-order valence-corrected chi connectivity index (χ4v) is 2.02. The van der Waals surface area contributed by atoms with Crippen LogP contribution in [0.25, 0.3) is 11.0 Å². The van der Waals surface area contributed by atoms with E-state index in [1.807, 2.05) is 6.92 Å². The number of hydrogen-bond acceptors (Lipinski definition) is 5. The molecule has 0 aliphatic rings. The van der Waals surface area contributed by atoms with Crippen LogP contribution in [0.2, 0.25) is 0 Å². The summed E-state index contributed by atoms with van der Waals surface area (Å²) in [6.07, 6.45) is 3.00. The number of ether oxygens (including phenoxy) is 1. The molecule has 0 fully saturated rings. The van der Waals surface area contributed by atoms with E-state index in [1.54, 1.807) is 30.5 Å². The average molecular weight is 318 g/mol. The molecule has 0 radical (unpaired) electrons. The van der Waals surface area contributed by atoms with Crippen molar-refractivity contribution in [1.29, 1.82) is 0 Å². The quantitative estimate of drug-likeness (QED) is 0.412. The summed E-state index contributed by atoms with van der Waals surface area (Å²) >= 11 is 0. The van der Waals surface area contributed by atoms with E-state index in [1.165, 1.54) is 18.3 Å². The van der Waals surface area contributed by atoms with E-state index >= 15 is 0 Å². The van der Waals surface area contributed by atoms with E-state index in [9.17, 15) is 9.59 Å². The van der Waals surface area contributed by atoms with E-state index < -0.39 is 11.6 Å². The Balaban J connectivity index is 0.00000176. The van der Waals surface area contributed by atoms with E-state index in [2.05, 4.69) is 4.98 Å². The lowest BCUT2D eigenvalue weighted by Gasteiger charge is -2.05. The van der Waals surface area contributed by atoms with Crippen molar-refractivity contribution in [1.82, 2.24) is 4.98 Å². The molecule has 0 unspecified atom stereocenters. The lowest BCUT2D eigenvalue weighted by atomic mass is 10.1. The monoisotopic (exact) mass is 317 g/mol. The first kappa shape index (κ1) is 15.7. The number of rotatable bonds is 2. The largest absolute Gasteiger partial charge is 0.423 e. The van der Waals surface area contributed by atoms with Gasteiger partial charge in [0.25, 0.3) is 0 Å². The van der Waals surface area contributed by atoms with Crippen molar-refractivity contribution >= 4 is 29.3 Å². The first-order valence-corrected chi connectivity index (χ1v) is 6.30. The molecule has 1 aromatic carbocycles. The van der Waals surface area contributed by atoms with Crippen LogP contribution in [0.4, 0.5) is 0 Å². The highest BCUT2D eigenvalue weighted by atomic mass is 35.5. The Labute approximate surface area is 132 Å². The number of aryl methyl sites for hydroxylation is 1. The summed E-state index contributed by atoms with van der Waals surface area (Å²) < 4.78 is 10.4. The Morgan fingerprint density at radius 3 is 2.77 bits per heavy atom. The Hall–Kier alpha value is -2.66. The second-order valence-electron chi connectivity index (χ2n) is 4.54. The van der Waals surface area contributed by atoms with Crippen molar-refractivity contribution in [2.24, 2.45) is 0 Å². The third kappa shape index (κ3) is 3.15. The average Bonchev–Trinajstić information content (AvgIpc) is 2.47. The lowest BCUT2D eigenvalue weighted by molar-refractivity contribution is 0.0734. The van der Waals surface area contributed by atoms with Gasteiger partial charge < -0.3 is 9.15 Å². The molecule has 3 aromatic rings. The molecule has 22 heavy (non-hydrogen) atoms. The molecule has 0 spiro atoms. The number of benzene rings is 1. The fourth-order valence-electron chi connectivity index (χ4n) is 2.02. The first-order chi connectivity index (χ1) is 10.1. The van der Waals surface area contributed by atoms with Gasteiger partial charge in [-0.15, -0.1) is 12.4 Å². The molecule has 0 aliphatic carbocycles. The molecule has 112 valence electrons. The van der Waals surface area contributed by atoms with Crippen LogP contribution >= 0.6 is 12.4 Å². The van der Waals surface area contributed by atoms with Crippen LogP contribution in [0.1, 0.15) is 15.9 Å². The molecule has 0 atom stereocenters. The van der Waals surface area contributed by atoms with Crippen LogP contribution in [0.3, 0.4) is 0 Å². The summed E-state index contributed by atoms with van der Waals surface area (Å²) in [6, 6.07) is 9.62.